The van der Waals surface area contributed by atoms with Crippen molar-refractivity contribution in [2.24, 2.45) is 0 Å². The summed E-state index contributed by atoms with van der Waals surface area (Å²) in [7, 11) is 1.50. The Labute approximate surface area is 172 Å². The molecule has 0 aromatic heterocycles. The largest absolute Gasteiger partial charge is 0.497 e. The van der Waals surface area contributed by atoms with Crippen LogP contribution in [-0.2, 0) is 9.53 Å². The van der Waals surface area contributed by atoms with E-state index in [-0.39, 0.29) is 17.3 Å². The first-order valence-corrected chi connectivity index (χ1v) is 9.63. The normalized spacial score (nSPS) is 11.4. The van der Waals surface area contributed by atoms with Gasteiger partial charge in [0.15, 0.2) is 6.10 Å². The van der Waals surface area contributed by atoms with E-state index in [0.717, 1.165) is 6.42 Å². The number of ketones is 1. The fourth-order valence-electron chi connectivity index (χ4n) is 2.47. The first-order valence-electron chi connectivity index (χ1n) is 8.84. The quantitative estimate of drug-likeness (QED) is 0.471. The second kappa shape index (κ2) is 10.0. The second-order valence-corrected chi connectivity index (χ2v) is 6.99. The molecule has 2 rings (SSSR count). The summed E-state index contributed by atoms with van der Waals surface area (Å²) in [6.45, 7) is 3.44. The number of halogens is 1. The molecule has 28 heavy (non-hydrogen) atoms. The number of hydrogen-bond donors (Lipinski definition) is 1. The third-order valence-corrected chi connectivity index (χ3v) is 4.67. The molecule has 7 heteroatoms. The zero-order valence-corrected chi connectivity index (χ0v) is 17.5. The Morgan fingerprint density at radius 3 is 2.39 bits per heavy atom. The fourth-order valence-corrected chi connectivity index (χ4v) is 2.88. The molecule has 1 amide bonds. The van der Waals surface area contributed by atoms with E-state index in [4.69, 9.17) is 9.47 Å². The van der Waals surface area contributed by atoms with E-state index >= 15 is 0 Å². The van der Waals surface area contributed by atoms with E-state index in [9.17, 15) is 14.4 Å². The van der Waals surface area contributed by atoms with Crippen LogP contribution in [0.3, 0.4) is 0 Å². The Balaban J connectivity index is 2.04. The number of ether oxygens (including phenoxy) is 2. The van der Waals surface area contributed by atoms with Crippen molar-refractivity contribution in [1.29, 1.82) is 0 Å². The van der Waals surface area contributed by atoms with Gasteiger partial charge in [-0.2, -0.15) is 0 Å². The van der Waals surface area contributed by atoms with E-state index in [1.54, 1.807) is 36.4 Å². The summed E-state index contributed by atoms with van der Waals surface area (Å²) in [6, 6.07) is 11.4. The van der Waals surface area contributed by atoms with Crippen LogP contribution in [0.25, 0.3) is 0 Å². The monoisotopic (exact) mass is 447 g/mol. The molecule has 1 N–H and O–H groups in total. The smallest absolute Gasteiger partial charge is 0.340 e. The highest BCUT2D eigenvalue weighted by Gasteiger charge is 2.22. The molecule has 0 fully saturated rings. The SMILES string of the molecule is CCCC(=O)Nc1ccc(C(=O)[C@H](C)OC(=O)c2cc(OC)ccc2Br)cc1. The number of anilines is 1. The average Bonchev–Trinajstić information content (AvgIpc) is 2.68. The number of rotatable bonds is 8. The lowest BCUT2D eigenvalue weighted by Gasteiger charge is -2.14. The predicted molar refractivity (Wildman–Crippen MR) is 110 cm³/mol. The first-order chi connectivity index (χ1) is 13.3. The number of nitrogens with one attached hydrogen (secondary N) is 1. The minimum absolute atomic E-state index is 0.0762. The molecule has 2 aromatic rings. The standard InChI is InChI=1S/C21H22BrNO5/c1-4-5-19(24)23-15-8-6-14(7-9-15)20(25)13(2)28-21(26)17-12-16(27-3)10-11-18(17)22/h6-13H,4-5H2,1-3H3,(H,23,24)/t13-/m0/s1. The van der Waals surface area contributed by atoms with E-state index in [0.29, 0.717) is 27.9 Å². The van der Waals surface area contributed by atoms with Crippen molar-refractivity contribution in [1.82, 2.24) is 0 Å². The molecule has 0 saturated carbocycles. The molecule has 0 aliphatic carbocycles. The van der Waals surface area contributed by atoms with E-state index in [2.05, 4.69) is 21.2 Å². The van der Waals surface area contributed by atoms with E-state index < -0.39 is 12.1 Å². The van der Waals surface area contributed by atoms with Gasteiger partial charge in [0.1, 0.15) is 5.75 Å². The van der Waals surface area contributed by atoms with E-state index in [1.807, 2.05) is 6.92 Å². The van der Waals surface area contributed by atoms with Crippen molar-refractivity contribution in [3.63, 3.8) is 0 Å². The lowest BCUT2D eigenvalue weighted by molar-refractivity contribution is -0.116. The molecule has 0 saturated heterocycles. The summed E-state index contributed by atoms with van der Waals surface area (Å²) < 4.78 is 11.0. The Morgan fingerprint density at radius 2 is 1.79 bits per heavy atom. The molecule has 0 heterocycles. The number of methoxy groups -OCH3 is 1. The molecule has 0 aliphatic rings. The van der Waals surface area contributed by atoms with Crippen molar-refractivity contribution in [2.45, 2.75) is 32.8 Å². The Kier molecular flexibility index (Phi) is 7.75. The van der Waals surface area contributed by atoms with Crippen LogP contribution in [-0.4, -0.2) is 30.9 Å². The zero-order valence-electron chi connectivity index (χ0n) is 16.0. The number of esters is 1. The Bertz CT molecular complexity index is 864. The Morgan fingerprint density at radius 1 is 1.11 bits per heavy atom. The molecule has 2 aromatic carbocycles. The van der Waals surface area contributed by atoms with Crippen LogP contribution in [0.2, 0.25) is 0 Å². The van der Waals surface area contributed by atoms with Crippen LogP contribution < -0.4 is 10.1 Å². The molecule has 0 unspecified atom stereocenters. The topological polar surface area (TPSA) is 81.7 Å². The Hall–Kier alpha value is -2.67. The third-order valence-electron chi connectivity index (χ3n) is 3.98. The summed E-state index contributed by atoms with van der Waals surface area (Å²) in [5, 5.41) is 2.76. The highest BCUT2D eigenvalue weighted by molar-refractivity contribution is 9.10. The van der Waals surface area contributed by atoms with Gasteiger partial charge in [0.25, 0.3) is 0 Å². The molecule has 0 bridgehead atoms. The number of carbonyl (C=O) groups is 3. The van der Waals surface area contributed by atoms with Crippen LogP contribution in [0.5, 0.6) is 5.75 Å². The van der Waals surface area contributed by atoms with Gasteiger partial charge in [0.05, 0.1) is 12.7 Å². The summed E-state index contributed by atoms with van der Waals surface area (Å²) in [4.78, 5) is 36.6. The van der Waals surface area contributed by atoms with Gasteiger partial charge in [0.2, 0.25) is 11.7 Å². The third kappa shape index (κ3) is 5.66. The van der Waals surface area contributed by atoms with Gasteiger partial charge in [-0.1, -0.05) is 6.92 Å². The molecular formula is C21H22BrNO5. The summed E-state index contributed by atoms with van der Waals surface area (Å²) in [5.74, 6) is -0.531. The lowest BCUT2D eigenvalue weighted by atomic mass is 10.1. The maximum Gasteiger partial charge on any atom is 0.340 e. The first kappa shape index (κ1) is 21.6. The van der Waals surface area contributed by atoms with Crippen molar-refractivity contribution in [3.8, 4) is 5.75 Å². The molecule has 0 spiro atoms. The van der Waals surface area contributed by atoms with Gasteiger partial charge in [-0.25, -0.2) is 4.79 Å². The number of Topliss-reactive ketones (excluding diaryl/α,β-unsaturated/α-hetero) is 1. The van der Waals surface area contributed by atoms with Crippen molar-refractivity contribution < 1.29 is 23.9 Å². The maximum absolute atomic E-state index is 12.6. The van der Waals surface area contributed by atoms with Crippen LogP contribution >= 0.6 is 15.9 Å². The van der Waals surface area contributed by atoms with Gasteiger partial charge < -0.3 is 14.8 Å². The molecule has 1 atom stereocenters. The lowest BCUT2D eigenvalue weighted by Crippen LogP contribution is -2.24. The van der Waals surface area contributed by atoms with Gasteiger partial charge in [-0.3, -0.25) is 9.59 Å². The molecule has 0 radical (unpaired) electrons. The average molecular weight is 448 g/mol. The molecule has 0 aliphatic heterocycles. The van der Waals surface area contributed by atoms with Gasteiger partial charge >= 0.3 is 5.97 Å². The highest BCUT2D eigenvalue weighted by atomic mass is 79.9. The predicted octanol–water partition coefficient (Wildman–Crippen LogP) is 4.62. The summed E-state index contributed by atoms with van der Waals surface area (Å²) in [6.07, 6.45) is 0.230. The number of benzene rings is 2. The molecule has 148 valence electrons. The summed E-state index contributed by atoms with van der Waals surface area (Å²) in [5.41, 5.74) is 1.27. The fraction of sp³-hybridized carbons (Fsp3) is 0.286. The second-order valence-electron chi connectivity index (χ2n) is 6.13. The maximum atomic E-state index is 12.6. The van der Waals surface area contributed by atoms with Gasteiger partial charge in [0, 0.05) is 22.1 Å². The molecule has 6 nitrogen and oxygen atoms in total. The molecular weight excluding hydrogens is 426 g/mol. The number of amides is 1. The number of hydrogen-bond acceptors (Lipinski definition) is 5. The van der Waals surface area contributed by atoms with E-state index in [1.165, 1.54) is 20.1 Å². The summed E-state index contributed by atoms with van der Waals surface area (Å²) >= 11 is 3.29. The van der Waals surface area contributed by atoms with Crippen LogP contribution in [0.4, 0.5) is 5.69 Å². The zero-order chi connectivity index (χ0) is 20.7. The van der Waals surface area contributed by atoms with Crippen LogP contribution in [0.1, 0.15) is 47.4 Å². The van der Waals surface area contributed by atoms with Crippen molar-refractivity contribution >= 4 is 39.3 Å². The van der Waals surface area contributed by atoms with Crippen LogP contribution in [0.15, 0.2) is 46.9 Å². The number of carbonyl (C=O) groups excluding carboxylic acids is 3. The minimum Gasteiger partial charge on any atom is -0.497 e. The van der Waals surface area contributed by atoms with Crippen LogP contribution in [0, 0.1) is 0 Å². The highest BCUT2D eigenvalue weighted by Crippen LogP contribution is 2.24. The van der Waals surface area contributed by atoms with Crippen molar-refractivity contribution in [2.75, 3.05) is 12.4 Å². The van der Waals surface area contributed by atoms with Gasteiger partial charge in [-0.05, 0) is 71.7 Å². The minimum atomic E-state index is -0.967. The van der Waals surface area contributed by atoms with Gasteiger partial charge in [-0.15, -0.1) is 0 Å². The van der Waals surface area contributed by atoms with Crippen molar-refractivity contribution in [3.05, 3.63) is 58.1 Å².